The Hall–Kier alpha value is -2.10. The van der Waals surface area contributed by atoms with Crippen LogP contribution < -0.4 is 5.32 Å². The van der Waals surface area contributed by atoms with Gasteiger partial charge < -0.3 is 5.32 Å². The van der Waals surface area contributed by atoms with Crippen LogP contribution >= 0.6 is 0 Å². The molecule has 0 aliphatic heterocycles. The molecular weight excluding hydrogens is 214 g/mol. The summed E-state index contributed by atoms with van der Waals surface area (Å²) in [4.78, 5) is 10.9. The van der Waals surface area contributed by atoms with Crippen molar-refractivity contribution in [2.24, 2.45) is 0 Å². The molecule has 4 nitrogen and oxygen atoms in total. The molecule has 2 rings (SSSR count). The second-order valence-corrected chi connectivity index (χ2v) is 4.10. The fraction of sp³-hybridized carbons (Fsp3) is 0.231. The van der Waals surface area contributed by atoms with Crippen molar-refractivity contribution in [1.29, 1.82) is 0 Å². The van der Waals surface area contributed by atoms with Gasteiger partial charge in [-0.15, -0.1) is 0 Å². The number of benzene rings is 1. The van der Waals surface area contributed by atoms with Gasteiger partial charge in [-0.3, -0.25) is 9.48 Å². The SMILES string of the molecule is CC(=O)Nc1cnn(Cc2cccc(C)c2)c1. The molecule has 0 spiro atoms. The smallest absolute Gasteiger partial charge is 0.221 e. The van der Waals surface area contributed by atoms with Crippen LogP contribution in [0.5, 0.6) is 0 Å². The number of amides is 1. The third-order valence-electron chi connectivity index (χ3n) is 2.38. The zero-order valence-electron chi connectivity index (χ0n) is 9.97. The minimum Gasteiger partial charge on any atom is -0.324 e. The Bertz CT molecular complexity index is 531. The molecule has 1 heterocycles. The van der Waals surface area contributed by atoms with Crippen LogP contribution in [0, 0.1) is 6.92 Å². The predicted octanol–water partition coefficient (Wildman–Crippen LogP) is 2.20. The lowest BCUT2D eigenvalue weighted by Gasteiger charge is -2.02. The summed E-state index contributed by atoms with van der Waals surface area (Å²) in [6.45, 7) is 4.26. The summed E-state index contributed by atoms with van der Waals surface area (Å²) in [5.74, 6) is -0.0832. The van der Waals surface area contributed by atoms with Crippen molar-refractivity contribution in [3.05, 3.63) is 47.8 Å². The predicted molar refractivity (Wildman–Crippen MR) is 66.8 cm³/mol. The van der Waals surface area contributed by atoms with Crippen molar-refractivity contribution in [2.45, 2.75) is 20.4 Å². The first-order chi connectivity index (χ1) is 8.13. The maximum absolute atomic E-state index is 10.9. The summed E-state index contributed by atoms with van der Waals surface area (Å²) in [7, 11) is 0. The van der Waals surface area contributed by atoms with Crippen molar-refractivity contribution >= 4 is 11.6 Å². The van der Waals surface area contributed by atoms with E-state index in [1.165, 1.54) is 18.1 Å². The Morgan fingerprint density at radius 2 is 2.29 bits per heavy atom. The summed E-state index contributed by atoms with van der Waals surface area (Å²) in [5.41, 5.74) is 3.16. The fourth-order valence-electron chi connectivity index (χ4n) is 1.72. The minimum atomic E-state index is -0.0832. The van der Waals surface area contributed by atoms with Crippen molar-refractivity contribution in [3.63, 3.8) is 0 Å². The van der Waals surface area contributed by atoms with Gasteiger partial charge in [0.1, 0.15) is 0 Å². The lowest BCUT2D eigenvalue weighted by molar-refractivity contribution is -0.114. The maximum atomic E-state index is 10.9. The highest BCUT2D eigenvalue weighted by molar-refractivity contribution is 5.88. The number of hydrogen-bond donors (Lipinski definition) is 1. The third-order valence-corrected chi connectivity index (χ3v) is 2.38. The zero-order valence-corrected chi connectivity index (χ0v) is 9.97. The van der Waals surface area contributed by atoms with E-state index in [2.05, 4.69) is 35.5 Å². The van der Waals surface area contributed by atoms with E-state index in [0.717, 1.165) is 5.69 Å². The molecule has 4 heteroatoms. The molecule has 0 fully saturated rings. The Kier molecular flexibility index (Phi) is 3.23. The number of aryl methyl sites for hydroxylation is 1. The third kappa shape index (κ3) is 3.17. The monoisotopic (exact) mass is 229 g/mol. The lowest BCUT2D eigenvalue weighted by Crippen LogP contribution is -2.05. The van der Waals surface area contributed by atoms with Crippen LogP contribution in [0.3, 0.4) is 0 Å². The van der Waals surface area contributed by atoms with Gasteiger partial charge in [0.25, 0.3) is 0 Å². The van der Waals surface area contributed by atoms with Gasteiger partial charge >= 0.3 is 0 Å². The highest BCUT2D eigenvalue weighted by Crippen LogP contribution is 2.09. The zero-order chi connectivity index (χ0) is 12.3. The summed E-state index contributed by atoms with van der Waals surface area (Å²) in [6.07, 6.45) is 3.47. The van der Waals surface area contributed by atoms with Crippen molar-refractivity contribution < 1.29 is 4.79 Å². The van der Waals surface area contributed by atoms with Crippen LogP contribution in [0.2, 0.25) is 0 Å². The van der Waals surface area contributed by atoms with E-state index < -0.39 is 0 Å². The summed E-state index contributed by atoms with van der Waals surface area (Å²) < 4.78 is 1.81. The minimum absolute atomic E-state index is 0.0832. The van der Waals surface area contributed by atoms with Gasteiger partial charge in [-0.25, -0.2) is 0 Å². The van der Waals surface area contributed by atoms with Crippen LogP contribution in [-0.4, -0.2) is 15.7 Å². The molecule has 0 unspecified atom stereocenters. The summed E-state index contributed by atoms with van der Waals surface area (Å²) >= 11 is 0. The molecule has 1 amide bonds. The van der Waals surface area contributed by atoms with E-state index in [1.54, 1.807) is 10.9 Å². The molecule has 0 bridgehead atoms. The molecule has 0 saturated carbocycles. The van der Waals surface area contributed by atoms with E-state index >= 15 is 0 Å². The molecule has 0 aliphatic rings. The van der Waals surface area contributed by atoms with Crippen LogP contribution in [0.25, 0.3) is 0 Å². The quantitative estimate of drug-likeness (QED) is 0.877. The normalized spacial score (nSPS) is 10.2. The first-order valence-corrected chi connectivity index (χ1v) is 5.49. The molecule has 17 heavy (non-hydrogen) atoms. The molecule has 1 N–H and O–H groups in total. The van der Waals surface area contributed by atoms with Crippen LogP contribution in [0.15, 0.2) is 36.7 Å². The van der Waals surface area contributed by atoms with E-state index in [-0.39, 0.29) is 5.91 Å². The van der Waals surface area contributed by atoms with Gasteiger partial charge in [0.05, 0.1) is 18.4 Å². The summed E-state index contributed by atoms with van der Waals surface area (Å²) in [6, 6.07) is 8.28. The van der Waals surface area contributed by atoms with E-state index in [1.807, 2.05) is 12.3 Å². The van der Waals surface area contributed by atoms with Crippen molar-refractivity contribution in [1.82, 2.24) is 9.78 Å². The lowest BCUT2D eigenvalue weighted by atomic mass is 10.1. The molecule has 0 aliphatic carbocycles. The topological polar surface area (TPSA) is 46.9 Å². The molecule has 1 aromatic carbocycles. The second-order valence-electron chi connectivity index (χ2n) is 4.10. The maximum Gasteiger partial charge on any atom is 0.221 e. The first-order valence-electron chi connectivity index (χ1n) is 5.49. The molecule has 0 saturated heterocycles. The number of carbonyl (C=O) groups is 1. The number of nitrogens with zero attached hydrogens (tertiary/aromatic N) is 2. The van der Waals surface area contributed by atoms with Gasteiger partial charge in [0.15, 0.2) is 0 Å². The van der Waals surface area contributed by atoms with Gasteiger partial charge in [0.2, 0.25) is 5.91 Å². The Balaban J connectivity index is 2.08. The highest BCUT2D eigenvalue weighted by atomic mass is 16.1. The molecule has 2 aromatic rings. The second kappa shape index (κ2) is 4.82. The number of aromatic nitrogens is 2. The largest absolute Gasteiger partial charge is 0.324 e. The average Bonchev–Trinajstić information content (AvgIpc) is 2.64. The van der Waals surface area contributed by atoms with Gasteiger partial charge in [-0.2, -0.15) is 5.10 Å². The highest BCUT2D eigenvalue weighted by Gasteiger charge is 2.01. The van der Waals surface area contributed by atoms with E-state index in [0.29, 0.717) is 6.54 Å². The molecule has 1 aromatic heterocycles. The average molecular weight is 229 g/mol. The molecular formula is C13H15N3O. The number of nitrogens with one attached hydrogen (secondary N) is 1. The standard InChI is InChI=1S/C13H15N3O/c1-10-4-3-5-12(6-10)8-16-9-13(7-14-16)15-11(2)17/h3-7,9H,8H2,1-2H3,(H,15,17). The summed E-state index contributed by atoms with van der Waals surface area (Å²) in [5, 5.41) is 6.90. The number of rotatable bonds is 3. The number of carbonyl (C=O) groups excluding carboxylic acids is 1. The van der Waals surface area contributed by atoms with E-state index in [4.69, 9.17) is 0 Å². The first kappa shape index (κ1) is 11.4. The molecule has 0 radical (unpaired) electrons. The van der Waals surface area contributed by atoms with Crippen LogP contribution in [0.1, 0.15) is 18.1 Å². The molecule has 0 atom stereocenters. The van der Waals surface area contributed by atoms with Crippen LogP contribution in [0.4, 0.5) is 5.69 Å². The van der Waals surface area contributed by atoms with E-state index in [9.17, 15) is 4.79 Å². The van der Waals surface area contributed by atoms with Gasteiger partial charge in [0, 0.05) is 13.1 Å². The van der Waals surface area contributed by atoms with Gasteiger partial charge in [-0.05, 0) is 12.5 Å². The Morgan fingerprint density at radius 3 is 3.00 bits per heavy atom. The number of hydrogen-bond acceptors (Lipinski definition) is 2. The van der Waals surface area contributed by atoms with Crippen molar-refractivity contribution in [2.75, 3.05) is 5.32 Å². The van der Waals surface area contributed by atoms with Crippen molar-refractivity contribution in [3.8, 4) is 0 Å². The molecule has 88 valence electrons. The van der Waals surface area contributed by atoms with Gasteiger partial charge in [-0.1, -0.05) is 29.8 Å². The Labute approximate surface area is 100 Å². The van der Waals surface area contributed by atoms with Crippen LogP contribution in [-0.2, 0) is 11.3 Å². The fourth-order valence-corrected chi connectivity index (χ4v) is 1.72. The Morgan fingerprint density at radius 1 is 1.47 bits per heavy atom. The number of anilines is 1.